The third kappa shape index (κ3) is 4.03. The molecule has 0 aliphatic heterocycles. The average Bonchev–Trinajstić information content (AvgIpc) is 1.82. The molecule has 0 aromatic carbocycles. The molecule has 0 radical (unpaired) electrons. The smallest absolute Gasteiger partial charge is 0.264 e. The second-order valence-electron chi connectivity index (χ2n) is 1.78. The highest BCUT2D eigenvalue weighted by molar-refractivity contribution is 7.87. The van der Waals surface area contributed by atoms with Gasteiger partial charge in [-0.2, -0.15) is 21.6 Å². The maximum atomic E-state index is 11.5. The van der Waals surface area contributed by atoms with Gasteiger partial charge in [-0.1, -0.05) is 0 Å². The van der Waals surface area contributed by atoms with Gasteiger partial charge in [0.15, 0.2) is 0 Å². The van der Waals surface area contributed by atoms with Crippen molar-refractivity contribution in [3.63, 3.8) is 0 Å². The molecule has 0 aliphatic carbocycles. The van der Waals surface area contributed by atoms with Crippen molar-refractivity contribution in [3.05, 3.63) is 10.1 Å². The van der Waals surface area contributed by atoms with E-state index in [1.54, 1.807) is 0 Å². The van der Waals surface area contributed by atoms with E-state index in [0.29, 0.717) is 0 Å². The van der Waals surface area contributed by atoms with Crippen LogP contribution in [0.2, 0.25) is 0 Å². The lowest BCUT2D eigenvalue weighted by molar-refractivity contribution is -0.481. The Balaban J connectivity index is 4.15. The molecule has 0 rings (SSSR count). The Morgan fingerprint density at radius 1 is 1.38 bits per heavy atom. The molecule has 6 nitrogen and oxygen atoms in total. The number of alkyl halides is 3. The molecule has 0 aromatic rings. The van der Waals surface area contributed by atoms with Crippen LogP contribution in [0.4, 0.5) is 13.2 Å². The van der Waals surface area contributed by atoms with Crippen LogP contribution in [0.15, 0.2) is 0 Å². The van der Waals surface area contributed by atoms with E-state index in [4.69, 9.17) is 0 Å². The van der Waals surface area contributed by atoms with Crippen LogP contribution in [-0.2, 0) is 14.3 Å². The van der Waals surface area contributed by atoms with Gasteiger partial charge < -0.3 is 0 Å². The first-order valence-corrected chi connectivity index (χ1v) is 4.15. The van der Waals surface area contributed by atoms with Crippen molar-refractivity contribution in [1.82, 2.24) is 0 Å². The lowest BCUT2D eigenvalue weighted by atomic mass is 10.7. The van der Waals surface area contributed by atoms with Crippen molar-refractivity contribution < 1.29 is 30.7 Å². The molecule has 0 amide bonds. The maximum absolute atomic E-state index is 11.5. The second-order valence-corrected chi connectivity index (χ2v) is 3.39. The third-order valence-electron chi connectivity index (χ3n) is 0.796. The molecular weight excluding hydrogens is 219 g/mol. The van der Waals surface area contributed by atoms with Crippen LogP contribution in [0, 0.1) is 10.1 Å². The van der Waals surface area contributed by atoms with Crippen LogP contribution in [-0.4, -0.2) is 32.0 Å². The molecule has 0 bridgehead atoms. The van der Waals surface area contributed by atoms with Crippen molar-refractivity contribution in [2.75, 3.05) is 13.2 Å². The maximum Gasteiger partial charge on any atom is 0.523 e. The van der Waals surface area contributed by atoms with Crippen molar-refractivity contribution in [2.45, 2.75) is 5.51 Å². The number of hydrogen-bond acceptors (Lipinski definition) is 5. The van der Waals surface area contributed by atoms with Gasteiger partial charge in [0.2, 0.25) is 6.54 Å². The molecule has 0 aromatic heterocycles. The molecule has 13 heavy (non-hydrogen) atoms. The SMILES string of the molecule is O=[N+]([O-])CCOS(=O)(=O)C(F)(F)F. The topological polar surface area (TPSA) is 86.5 Å². The number of rotatable bonds is 4. The van der Waals surface area contributed by atoms with Gasteiger partial charge in [-0.25, -0.2) is 0 Å². The summed E-state index contributed by atoms with van der Waals surface area (Å²) in [6.45, 7) is -2.13. The van der Waals surface area contributed by atoms with E-state index in [2.05, 4.69) is 4.18 Å². The number of nitrogens with zero attached hydrogens (tertiary/aromatic N) is 1. The molecule has 0 spiro atoms. The predicted molar refractivity (Wildman–Crippen MR) is 32.8 cm³/mol. The average molecular weight is 223 g/mol. The fraction of sp³-hybridized carbons (Fsp3) is 1.00. The Kier molecular flexibility index (Phi) is 3.60. The van der Waals surface area contributed by atoms with Crippen LogP contribution in [0.25, 0.3) is 0 Å². The largest absolute Gasteiger partial charge is 0.523 e. The molecule has 0 fully saturated rings. The fourth-order valence-corrected chi connectivity index (χ4v) is 0.716. The Morgan fingerprint density at radius 3 is 2.15 bits per heavy atom. The molecule has 0 unspecified atom stereocenters. The molecule has 0 saturated heterocycles. The standard InChI is InChI=1S/C3H4F3NO5S/c4-3(5,6)13(10,11)12-2-1-7(8)9/h1-2H2. The first-order chi connectivity index (χ1) is 5.67. The molecule has 0 atom stereocenters. The Labute approximate surface area is 70.6 Å². The Hall–Kier alpha value is -0.900. The predicted octanol–water partition coefficient (Wildman–Crippen LogP) is 0.129. The van der Waals surface area contributed by atoms with Gasteiger partial charge in [-0.3, -0.25) is 14.3 Å². The van der Waals surface area contributed by atoms with Gasteiger partial charge in [-0.05, 0) is 0 Å². The number of halogens is 3. The summed E-state index contributed by atoms with van der Waals surface area (Å²) in [7, 11) is -5.70. The van der Waals surface area contributed by atoms with Crippen LogP contribution < -0.4 is 0 Å². The zero-order valence-electron chi connectivity index (χ0n) is 5.94. The Morgan fingerprint density at radius 2 is 1.85 bits per heavy atom. The van der Waals surface area contributed by atoms with Crippen molar-refractivity contribution in [3.8, 4) is 0 Å². The van der Waals surface area contributed by atoms with Gasteiger partial charge in [0, 0.05) is 4.92 Å². The van der Waals surface area contributed by atoms with Gasteiger partial charge in [0.25, 0.3) is 0 Å². The molecule has 78 valence electrons. The summed E-state index contributed by atoms with van der Waals surface area (Å²) in [5.41, 5.74) is -5.54. The van der Waals surface area contributed by atoms with E-state index < -0.39 is 33.7 Å². The van der Waals surface area contributed by atoms with E-state index in [1.807, 2.05) is 0 Å². The minimum Gasteiger partial charge on any atom is -0.264 e. The summed E-state index contributed by atoms with van der Waals surface area (Å²) in [4.78, 5) is 8.59. The molecule has 0 heterocycles. The quantitative estimate of drug-likeness (QED) is 0.292. The minimum atomic E-state index is -5.70. The summed E-state index contributed by atoms with van der Waals surface area (Å²) in [5, 5.41) is 9.58. The zero-order chi connectivity index (χ0) is 10.7. The summed E-state index contributed by atoms with van der Waals surface area (Å²) >= 11 is 0. The zero-order valence-corrected chi connectivity index (χ0v) is 6.76. The van der Waals surface area contributed by atoms with Gasteiger partial charge in [0.05, 0.1) is 0 Å². The summed E-state index contributed by atoms with van der Waals surface area (Å²) in [6, 6.07) is 0. The van der Waals surface area contributed by atoms with Gasteiger partial charge >= 0.3 is 15.6 Å². The van der Waals surface area contributed by atoms with Crippen LogP contribution in [0.3, 0.4) is 0 Å². The van der Waals surface area contributed by atoms with Crippen LogP contribution in [0.1, 0.15) is 0 Å². The lowest BCUT2D eigenvalue weighted by Gasteiger charge is -2.05. The second kappa shape index (κ2) is 3.87. The monoisotopic (exact) mass is 223 g/mol. The van der Waals surface area contributed by atoms with Crippen LogP contribution >= 0.6 is 0 Å². The van der Waals surface area contributed by atoms with Gasteiger partial charge in [0.1, 0.15) is 6.61 Å². The molecule has 0 aliphatic rings. The first kappa shape index (κ1) is 12.1. The molecule has 10 heteroatoms. The summed E-state index contributed by atoms with van der Waals surface area (Å²) in [6.07, 6.45) is 0. The molecular formula is C3H4F3NO5S. The number of nitro groups is 1. The molecule has 0 saturated carbocycles. The fourth-order valence-electron chi connectivity index (χ4n) is 0.288. The molecule has 0 N–H and O–H groups in total. The third-order valence-corrected chi connectivity index (χ3v) is 1.84. The van der Waals surface area contributed by atoms with E-state index in [1.165, 1.54) is 0 Å². The first-order valence-electron chi connectivity index (χ1n) is 2.74. The minimum absolute atomic E-state index is 0.994. The lowest BCUT2D eigenvalue weighted by Crippen LogP contribution is -2.27. The summed E-state index contributed by atoms with van der Waals surface area (Å²) in [5.74, 6) is 0. The van der Waals surface area contributed by atoms with Gasteiger partial charge in [-0.15, -0.1) is 0 Å². The van der Waals surface area contributed by atoms with E-state index in [9.17, 15) is 31.7 Å². The van der Waals surface area contributed by atoms with E-state index >= 15 is 0 Å². The highest BCUT2D eigenvalue weighted by Gasteiger charge is 2.47. The highest BCUT2D eigenvalue weighted by Crippen LogP contribution is 2.24. The van der Waals surface area contributed by atoms with Crippen LogP contribution in [0.5, 0.6) is 0 Å². The van der Waals surface area contributed by atoms with Crippen molar-refractivity contribution in [1.29, 1.82) is 0 Å². The highest BCUT2D eigenvalue weighted by atomic mass is 32.2. The Bertz CT molecular complexity index is 282. The van der Waals surface area contributed by atoms with E-state index in [0.717, 1.165) is 0 Å². The number of hydrogen-bond donors (Lipinski definition) is 0. The normalized spacial score (nSPS) is 12.8. The van der Waals surface area contributed by atoms with Crippen molar-refractivity contribution >= 4 is 10.1 Å². The summed E-state index contributed by atoms with van der Waals surface area (Å²) < 4.78 is 57.9. The van der Waals surface area contributed by atoms with Crippen molar-refractivity contribution in [2.24, 2.45) is 0 Å². The van der Waals surface area contributed by atoms with E-state index in [-0.39, 0.29) is 0 Å².